The molecule has 0 bridgehead atoms. The highest BCUT2D eigenvalue weighted by Crippen LogP contribution is 2.28. The topological polar surface area (TPSA) is 112 Å². The van der Waals surface area contributed by atoms with E-state index in [0.717, 1.165) is 11.9 Å². The molecule has 4 aromatic rings. The van der Waals surface area contributed by atoms with Gasteiger partial charge in [0.15, 0.2) is 6.61 Å². The maximum Gasteiger partial charge on any atom is 0.422 e. The quantitative estimate of drug-likeness (QED) is 0.261. The number of halogens is 6. The molecule has 0 spiro atoms. The molecule has 1 fully saturated rings. The monoisotopic (exact) mass is 608 g/mol. The van der Waals surface area contributed by atoms with Gasteiger partial charge in [-0.2, -0.15) is 26.3 Å². The number of imidazole rings is 1. The molecule has 1 aliphatic heterocycles. The molecule has 1 unspecified atom stereocenters. The molecular formula is C27H26F6N8O2. The van der Waals surface area contributed by atoms with Crippen LogP contribution < -0.4 is 10.1 Å². The third-order valence-corrected chi connectivity index (χ3v) is 6.88. The molecule has 0 radical (unpaired) electrons. The van der Waals surface area contributed by atoms with Crippen LogP contribution in [-0.2, 0) is 4.79 Å². The largest absolute Gasteiger partial charge is 0.468 e. The van der Waals surface area contributed by atoms with Gasteiger partial charge in [-0.05, 0) is 36.8 Å². The molecule has 16 heteroatoms. The van der Waals surface area contributed by atoms with Crippen LogP contribution in [0.3, 0.4) is 0 Å². The summed E-state index contributed by atoms with van der Waals surface area (Å²) in [6, 6.07) is 10.1. The summed E-state index contributed by atoms with van der Waals surface area (Å²) in [6.45, 7) is 1.81. The minimum atomic E-state index is -4.53. The summed E-state index contributed by atoms with van der Waals surface area (Å²) in [4.78, 5) is 35.1. The lowest BCUT2D eigenvalue weighted by atomic mass is 10.1. The van der Waals surface area contributed by atoms with E-state index in [9.17, 15) is 31.1 Å². The van der Waals surface area contributed by atoms with Crippen LogP contribution in [0.5, 0.6) is 5.88 Å². The number of alkyl halides is 6. The Bertz CT molecular complexity index is 1580. The van der Waals surface area contributed by atoms with Gasteiger partial charge in [0.25, 0.3) is 0 Å². The van der Waals surface area contributed by atoms with Crippen LogP contribution in [0.25, 0.3) is 22.3 Å². The number of nitrogens with zero attached hydrogens (tertiary/aromatic N) is 6. The molecule has 1 amide bonds. The fraction of sp³-hybridized carbons (Fsp3) is 0.370. The molecule has 5 rings (SSSR count). The summed E-state index contributed by atoms with van der Waals surface area (Å²) in [5.41, 5.74) is 3.15. The molecule has 1 atom stereocenters. The molecular weight excluding hydrogens is 582 g/mol. The Kier molecular flexibility index (Phi) is 8.39. The van der Waals surface area contributed by atoms with Gasteiger partial charge in [0, 0.05) is 50.0 Å². The highest BCUT2D eigenvalue weighted by Gasteiger charge is 2.35. The fourth-order valence-electron chi connectivity index (χ4n) is 4.71. The van der Waals surface area contributed by atoms with E-state index >= 15 is 0 Å². The van der Waals surface area contributed by atoms with E-state index in [-0.39, 0.29) is 25.0 Å². The number of fused-ring (bicyclic) bond motifs is 1. The van der Waals surface area contributed by atoms with Crippen molar-refractivity contribution in [2.24, 2.45) is 0 Å². The van der Waals surface area contributed by atoms with Crippen LogP contribution in [0.4, 0.5) is 38.1 Å². The summed E-state index contributed by atoms with van der Waals surface area (Å²) in [5.74, 6) is -0.209. The number of hydrogen-bond acceptors (Lipinski definition) is 8. The molecule has 0 aliphatic carbocycles. The first-order chi connectivity index (χ1) is 20.3. The number of rotatable bonds is 8. The number of carbonyl (C=O) groups is 1. The first-order valence-electron chi connectivity index (χ1n) is 13.2. The standard InChI is InChI=1S/C27H26F6N8O2/c1-16(40-6-8-41(9-7-40)24(42)13-26(28,29)30)17-4-5-34-22(11-17)39-25-37-19-3-2-18(10-21(19)38-25)20-12-23(36-15-35-20)43-14-27(31,32)33/h2-5,10-12,15-16H,6-9,13-14H2,1H3,(H2,34,37,38,39). The Morgan fingerprint density at radius 3 is 2.49 bits per heavy atom. The van der Waals surface area contributed by atoms with Crippen LogP contribution >= 0.6 is 0 Å². The second kappa shape index (κ2) is 12.0. The zero-order valence-electron chi connectivity index (χ0n) is 22.7. The Morgan fingerprint density at radius 2 is 1.77 bits per heavy atom. The molecule has 1 aromatic carbocycles. The van der Waals surface area contributed by atoms with Crippen molar-refractivity contribution < 1.29 is 35.9 Å². The van der Waals surface area contributed by atoms with Gasteiger partial charge in [-0.1, -0.05) is 6.07 Å². The Balaban J connectivity index is 1.23. The third-order valence-electron chi connectivity index (χ3n) is 6.88. The number of amides is 1. The maximum absolute atomic E-state index is 12.6. The molecule has 0 saturated carbocycles. The number of ether oxygens (including phenoxy) is 1. The smallest absolute Gasteiger partial charge is 0.422 e. The Labute approximate surface area is 241 Å². The normalized spacial score (nSPS) is 15.5. The maximum atomic E-state index is 12.6. The molecule has 10 nitrogen and oxygen atoms in total. The fourth-order valence-corrected chi connectivity index (χ4v) is 4.71. The van der Waals surface area contributed by atoms with E-state index in [1.807, 2.05) is 19.1 Å². The van der Waals surface area contributed by atoms with E-state index in [0.29, 0.717) is 47.1 Å². The average Bonchev–Trinajstić information content (AvgIpc) is 3.36. The predicted molar refractivity (Wildman–Crippen MR) is 143 cm³/mol. The Morgan fingerprint density at radius 1 is 1.00 bits per heavy atom. The number of pyridine rings is 1. The summed E-state index contributed by atoms with van der Waals surface area (Å²) >= 11 is 0. The molecule has 4 heterocycles. The van der Waals surface area contributed by atoms with Crippen molar-refractivity contribution in [2.45, 2.75) is 31.7 Å². The zero-order chi connectivity index (χ0) is 30.8. The number of hydrogen-bond donors (Lipinski definition) is 2. The summed E-state index contributed by atoms with van der Waals surface area (Å²) < 4.78 is 79.9. The van der Waals surface area contributed by atoms with Crippen LogP contribution in [-0.4, -0.2) is 85.8 Å². The minimum absolute atomic E-state index is 0.0838. The van der Waals surface area contributed by atoms with Gasteiger partial charge in [-0.15, -0.1) is 0 Å². The van der Waals surface area contributed by atoms with Gasteiger partial charge < -0.3 is 19.9 Å². The number of benzene rings is 1. The Hall–Kier alpha value is -4.47. The van der Waals surface area contributed by atoms with Gasteiger partial charge >= 0.3 is 12.4 Å². The summed E-state index contributed by atoms with van der Waals surface area (Å²) in [6.07, 6.45) is -7.71. The van der Waals surface area contributed by atoms with E-state index in [1.54, 1.807) is 24.4 Å². The number of nitrogens with one attached hydrogen (secondary N) is 2. The zero-order valence-corrected chi connectivity index (χ0v) is 22.7. The first-order valence-corrected chi connectivity index (χ1v) is 13.2. The van der Waals surface area contributed by atoms with Gasteiger partial charge in [-0.3, -0.25) is 9.69 Å². The van der Waals surface area contributed by atoms with Crippen molar-refractivity contribution in [1.82, 2.24) is 34.7 Å². The van der Waals surface area contributed by atoms with Gasteiger partial charge in [0.05, 0.1) is 16.7 Å². The second-order valence-corrected chi connectivity index (χ2v) is 9.95. The highest BCUT2D eigenvalue weighted by atomic mass is 19.4. The van der Waals surface area contributed by atoms with Gasteiger partial charge in [0.2, 0.25) is 17.7 Å². The SMILES string of the molecule is CC(c1ccnc(Nc2nc3ccc(-c4cc(OCC(F)(F)F)ncn4)cc3[nH]2)c1)N1CCN(C(=O)CC(F)(F)F)CC1. The van der Waals surface area contributed by atoms with Gasteiger partial charge in [-0.25, -0.2) is 19.9 Å². The molecule has 43 heavy (non-hydrogen) atoms. The summed E-state index contributed by atoms with van der Waals surface area (Å²) in [7, 11) is 0. The van der Waals surface area contributed by atoms with Crippen LogP contribution in [0.15, 0.2) is 48.9 Å². The number of piperazine rings is 1. The molecule has 1 aliphatic rings. The lowest BCUT2D eigenvalue weighted by molar-refractivity contribution is -0.162. The van der Waals surface area contributed by atoms with E-state index < -0.39 is 31.3 Å². The third kappa shape index (κ3) is 7.88. The first kappa shape index (κ1) is 30.0. The minimum Gasteiger partial charge on any atom is -0.468 e. The molecule has 228 valence electrons. The molecule has 2 N–H and O–H groups in total. The molecule has 1 saturated heterocycles. The lowest BCUT2D eigenvalue weighted by Crippen LogP contribution is -2.50. The highest BCUT2D eigenvalue weighted by molar-refractivity contribution is 5.83. The number of aromatic amines is 1. The van der Waals surface area contributed by atoms with Crippen molar-refractivity contribution in [1.29, 1.82) is 0 Å². The average molecular weight is 609 g/mol. The predicted octanol–water partition coefficient (Wildman–Crippen LogP) is 5.26. The lowest BCUT2D eigenvalue weighted by Gasteiger charge is -2.38. The van der Waals surface area contributed by atoms with Crippen molar-refractivity contribution in [3.8, 4) is 17.1 Å². The van der Waals surface area contributed by atoms with Gasteiger partial charge in [0.1, 0.15) is 18.6 Å². The number of H-pyrrole nitrogens is 1. The van der Waals surface area contributed by atoms with Crippen LogP contribution in [0, 0.1) is 0 Å². The van der Waals surface area contributed by atoms with E-state index in [4.69, 9.17) is 4.74 Å². The van der Waals surface area contributed by atoms with E-state index in [1.165, 1.54) is 11.0 Å². The van der Waals surface area contributed by atoms with Crippen molar-refractivity contribution in [3.05, 3.63) is 54.5 Å². The number of anilines is 2. The number of aromatic nitrogens is 5. The summed E-state index contributed by atoms with van der Waals surface area (Å²) in [5, 5.41) is 3.13. The molecule has 3 aromatic heterocycles. The van der Waals surface area contributed by atoms with Crippen molar-refractivity contribution in [2.75, 3.05) is 38.1 Å². The van der Waals surface area contributed by atoms with Crippen molar-refractivity contribution >= 4 is 28.7 Å². The van der Waals surface area contributed by atoms with E-state index in [2.05, 4.69) is 35.1 Å². The van der Waals surface area contributed by atoms with Crippen LogP contribution in [0.2, 0.25) is 0 Å². The second-order valence-electron chi connectivity index (χ2n) is 9.95. The van der Waals surface area contributed by atoms with Crippen molar-refractivity contribution in [3.63, 3.8) is 0 Å². The van der Waals surface area contributed by atoms with Crippen LogP contribution in [0.1, 0.15) is 24.9 Å². The number of carbonyl (C=O) groups excluding carboxylic acids is 1.